The first-order chi connectivity index (χ1) is 17.4. The molecule has 0 unspecified atom stereocenters. The van der Waals surface area contributed by atoms with Gasteiger partial charge in [-0.3, -0.25) is 0 Å². The lowest BCUT2D eigenvalue weighted by atomic mass is 10.0. The van der Waals surface area contributed by atoms with Crippen LogP contribution >= 0.6 is 0 Å². The van der Waals surface area contributed by atoms with E-state index in [1.165, 1.54) is 179 Å². The fourth-order valence-electron chi connectivity index (χ4n) is 5.29. The molecule has 1 heteroatoms. The van der Waals surface area contributed by atoms with Crippen LogP contribution in [-0.4, -0.2) is 0 Å². The average Bonchev–Trinajstić information content (AvgIpc) is 2.88. The Morgan fingerprint density at radius 1 is 0.400 bits per heavy atom. The predicted octanol–water partition coefficient (Wildman–Crippen LogP) is 11.3. The van der Waals surface area contributed by atoms with Gasteiger partial charge in [-0.15, -0.1) is 0 Å². The first kappa shape index (κ1) is 32.2. The van der Waals surface area contributed by atoms with Gasteiger partial charge in [-0.1, -0.05) is 155 Å². The molecule has 1 rings (SSSR count). The van der Waals surface area contributed by atoms with E-state index in [1.807, 2.05) is 0 Å². The molecule has 1 nitrogen and oxygen atoms in total. The number of unbranched alkanes of at least 4 members (excludes halogenated alkanes) is 23. The first-order valence-corrected chi connectivity index (χ1v) is 16.3. The number of nitrogens with zero attached hydrogens (tertiary/aromatic N) is 1. The molecule has 1 heterocycles. The minimum Gasteiger partial charge on any atom is -0.205 e. The molecule has 0 aliphatic carbocycles. The minimum absolute atomic E-state index is 1.19. The van der Waals surface area contributed by atoms with Gasteiger partial charge < -0.3 is 0 Å². The van der Waals surface area contributed by atoms with Gasteiger partial charge in [0.15, 0.2) is 12.4 Å². The zero-order valence-corrected chi connectivity index (χ0v) is 24.3. The van der Waals surface area contributed by atoms with Crippen molar-refractivity contribution in [2.75, 3.05) is 0 Å². The Balaban J connectivity index is 1.85. The summed E-state index contributed by atoms with van der Waals surface area (Å²) < 4.78 is 2.39. The van der Waals surface area contributed by atoms with Gasteiger partial charge >= 0.3 is 0 Å². The molecular formula is C34H64N+. The van der Waals surface area contributed by atoms with E-state index >= 15 is 0 Å². The van der Waals surface area contributed by atoms with Crippen LogP contribution in [0.4, 0.5) is 0 Å². The average molecular weight is 487 g/mol. The highest BCUT2D eigenvalue weighted by Crippen LogP contribution is 2.14. The standard InChI is InChI=1S/C34H64N/c1-3-5-7-9-11-13-15-16-17-18-19-20-22-24-26-28-34-29-32-35(33-30-34)31-27-25-23-21-14-12-10-8-6-4-2/h29-30,32-33H,3-28,31H2,1-2H3/q+1. The Kier molecular flexibility index (Phi) is 24.1. The van der Waals surface area contributed by atoms with Crippen LogP contribution in [0.5, 0.6) is 0 Å². The van der Waals surface area contributed by atoms with Crippen LogP contribution < -0.4 is 4.57 Å². The summed E-state index contributed by atoms with van der Waals surface area (Å²) in [5.41, 5.74) is 1.53. The fraction of sp³-hybridized carbons (Fsp3) is 0.853. The zero-order valence-electron chi connectivity index (χ0n) is 24.3. The number of rotatable bonds is 27. The summed E-state index contributed by atoms with van der Waals surface area (Å²) in [5.74, 6) is 0. The van der Waals surface area contributed by atoms with Crippen LogP contribution in [0.1, 0.15) is 180 Å². The third-order valence-electron chi connectivity index (χ3n) is 7.80. The van der Waals surface area contributed by atoms with Crippen molar-refractivity contribution in [3.8, 4) is 0 Å². The van der Waals surface area contributed by atoms with Crippen LogP contribution in [0.25, 0.3) is 0 Å². The maximum atomic E-state index is 2.39. The van der Waals surface area contributed by atoms with Gasteiger partial charge in [0.2, 0.25) is 0 Å². The zero-order chi connectivity index (χ0) is 25.1. The van der Waals surface area contributed by atoms with Crippen molar-refractivity contribution in [3.63, 3.8) is 0 Å². The molecule has 0 aromatic carbocycles. The van der Waals surface area contributed by atoms with Gasteiger partial charge in [0.25, 0.3) is 0 Å². The third-order valence-corrected chi connectivity index (χ3v) is 7.80. The lowest BCUT2D eigenvalue weighted by Gasteiger charge is -2.04. The van der Waals surface area contributed by atoms with Crippen molar-refractivity contribution in [3.05, 3.63) is 30.1 Å². The number of hydrogen-bond donors (Lipinski definition) is 0. The van der Waals surface area contributed by atoms with E-state index in [9.17, 15) is 0 Å². The van der Waals surface area contributed by atoms with Crippen molar-refractivity contribution < 1.29 is 4.57 Å². The normalized spacial score (nSPS) is 11.4. The van der Waals surface area contributed by atoms with E-state index in [2.05, 4.69) is 42.9 Å². The minimum atomic E-state index is 1.19. The molecule has 1 aromatic rings. The predicted molar refractivity (Wildman–Crippen MR) is 157 cm³/mol. The molecule has 0 fully saturated rings. The second-order valence-electron chi connectivity index (χ2n) is 11.3. The highest BCUT2D eigenvalue weighted by molar-refractivity contribution is 5.07. The molecule has 1 aromatic heterocycles. The lowest BCUT2D eigenvalue weighted by molar-refractivity contribution is -0.697. The monoisotopic (exact) mass is 487 g/mol. The van der Waals surface area contributed by atoms with Crippen LogP contribution in [0, 0.1) is 0 Å². The van der Waals surface area contributed by atoms with Gasteiger partial charge in [-0.05, 0) is 24.8 Å². The summed E-state index contributed by atoms with van der Waals surface area (Å²) >= 11 is 0. The Morgan fingerprint density at radius 2 is 0.714 bits per heavy atom. The van der Waals surface area contributed by atoms with E-state index in [-0.39, 0.29) is 0 Å². The Morgan fingerprint density at radius 3 is 1.09 bits per heavy atom. The highest BCUT2D eigenvalue weighted by Gasteiger charge is 2.02. The number of aromatic nitrogens is 1. The molecule has 0 saturated heterocycles. The van der Waals surface area contributed by atoms with Gasteiger partial charge in [0.1, 0.15) is 6.54 Å². The lowest BCUT2D eigenvalue weighted by Crippen LogP contribution is -2.32. The Hall–Kier alpha value is -0.850. The van der Waals surface area contributed by atoms with Crippen molar-refractivity contribution in [2.24, 2.45) is 0 Å². The summed E-state index contributed by atoms with van der Waals surface area (Å²) in [4.78, 5) is 0. The van der Waals surface area contributed by atoms with E-state index in [0.29, 0.717) is 0 Å². The summed E-state index contributed by atoms with van der Waals surface area (Å²) in [6, 6.07) is 4.72. The molecule has 0 saturated carbocycles. The summed E-state index contributed by atoms with van der Waals surface area (Å²) in [6.45, 7) is 5.79. The molecule has 0 aliphatic rings. The maximum Gasteiger partial charge on any atom is 0.169 e. The van der Waals surface area contributed by atoms with E-state index < -0.39 is 0 Å². The third kappa shape index (κ3) is 22.1. The fourth-order valence-corrected chi connectivity index (χ4v) is 5.29. The SMILES string of the molecule is CCCCCCCCCCCCCCCCCc1cc[n+](CCCCCCCCCCCC)cc1. The molecule has 0 amide bonds. The first-order valence-electron chi connectivity index (χ1n) is 16.3. The van der Waals surface area contributed by atoms with E-state index in [4.69, 9.17) is 0 Å². The van der Waals surface area contributed by atoms with Crippen LogP contribution in [0.3, 0.4) is 0 Å². The quantitative estimate of drug-likeness (QED) is 0.0859. The summed E-state index contributed by atoms with van der Waals surface area (Å²) in [5, 5.41) is 0. The van der Waals surface area contributed by atoms with Crippen molar-refractivity contribution in [2.45, 2.75) is 187 Å². The van der Waals surface area contributed by atoms with Crippen molar-refractivity contribution in [1.82, 2.24) is 0 Å². The molecular weight excluding hydrogens is 422 g/mol. The molecule has 0 N–H and O–H groups in total. The van der Waals surface area contributed by atoms with Gasteiger partial charge in [-0.2, -0.15) is 0 Å². The van der Waals surface area contributed by atoms with E-state index in [0.717, 1.165) is 0 Å². The second-order valence-corrected chi connectivity index (χ2v) is 11.3. The Labute approximate surface area is 221 Å². The Bertz CT molecular complexity index is 520. The molecule has 35 heavy (non-hydrogen) atoms. The van der Waals surface area contributed by atoms with Crippen molar-refractivity contribution in [1.29, 1.82) is 0 Å². The maximum absolute atomic E-state index is 2.39. The topological polar surface area (TPSA) is 3.88 Å². The largest absolute Gasteiger partial charge is 0.205 e. The number of pyridine rings is 1. The molecule has 0 radical (unpaired) electrons. The molecule has 204 valence electrons. The molecule has 0 spiro atoms. The smallest absolute Gasteiger partial charge is 0.169 e. The number of hydrogen-bond acceptors (Lipinski definition) is 0. The second kappa shape index (κ2) is 26.2. The molecule has 0 atom stereocenters. The van der Waals surface area contributed by atoms with E-state index in [1.54, 1.807) is 0 Å². The van der Waals surface area contributed by atoms with Crippen LogP contribution in [0.15, 0.2) is 24.5 Å². The summed E-state index contributed by atoms with van der Waals surface area (Å²) in [6.07, 6.45) is 41.7. The highest BCUT2D eigenvalue weighted by atomic mass is 14.9. The van der Waals surface area contributed by atoms with Gasteiger partial charge in [-0.25, -0.2) is 4.57 Å². The van der Waals surface area contributed by atoms with Gasteiger partial charge in [0, 0.05) is 18.6 Å². The summed E-state index contributed by atoms with van der Waals surface area (Å²) in [7, 11) is 0. The number of aryl methyl sites for hydroxylation is 2. The van der Waals surface area contributed by atoms with Crippen LogP contribution in [-0.2, 0) is 13.0 Å². The van der Waals surface area contributed by atoms with Crippen LogP contribution in [0.2, 0.25) is 0 Å². The van der Waals surface area contributed by atoms with Gasteiger partial charge in [0.05, 0.1) is 0 Å². The molecule has 0 bridgehead atoms. The molecule has 0 aliphatic heterocycles. The van der Waals surface area contributed by atoms with Crippen molar-refractivity contribution >= 4 is 0 Å².